The van der Waals surface area contributed by atoms with Crippen LogP contribution >= 0.6 is 11.3 Å². The molecule has 0 saturated carbocycles. The maximum Gasteiger partial charge on any atom is 0.186 e. The van der Waals surface area contributed by atoms with Crippen molar-refractivity contribution in [2.75, 3.05) is 18.0 Å². The van der Waals surface area contributed by atoms with E-state index >= 15 is 0 Å². The van der Waals surface area contributed by atoms with Gasteiger partial charge in [0.25, 0.3) is 0 Å². The van der Waals surface area contributed by atoms with E-state index in [1.165, 1.54) is 23.3 Å². The molecule has 0 aromatic carbocycles. The zero-order valence-corrected chi connectivity index (χ0v) is 17.9. The molecule has 0 N–H and O–H groups in total. The van der Waals surface area contributed by atoms with Crippen LogP contribution in [-0.2, 0) is 0 Å². The van der Waals surface area contributed by atoms with E-state index in [4.69, 9.17) is 15.1 Å². The first-order valence-electron chi connectivity index (χ1n) is 10.1. The Balaban J connectivity index is 1.89. The number of rotatable bonds is 5. The first-order chi connectivity index (χ1) is 13.0. The monoisotopic (exact) mass is 383 g/mol. The number of thiazole rings is 1. The van der Waals surface area contributed by atoms with Crippen LogP contribution in [0.3, 0.4) is 0 Å². The maximum atomic E-state index is 4.96. The lowest BCUT2D eigenvalue weighted by Gasteiger charge is -2.14. The van der Waals surface area contributed by atoms with Crippen molar-refractivity contribution < 1.29 is 0 Å². The SMILES string of the molecule is CCC(CC)c1cc(C)nn2c(-c3sc(N4CCCC4)nc3C)c(C)nc12. The van der Waals surface area contributed by atoms with E-state index in [0.717, 1.165) is 59.5 Å². The largest absolute Gasteiger partial charge is 0.348 e. The summed E-state index contributed by atoms with van der Waals surface area (Å²) in [4.78, 5) is 13.5. The van der Waals surface area contributed by atoms with Gasteiger partial charge in [-0.15, -0.1) is 0 Å². The summed E-state index contributed by atoms with van der Waals surface area (Å²) >= 11 is 1.79. The van der Waals surface area contributed by atoms with Crippen LogP contribution in [0.4, 0.5) is 5.13 Å². The smallest absolute Gasteiger partial charge is 0.186 e. The third-order valence-electron chi connectivity index (χ3n) is 5.71. The molecule has 0 spiro atoms. The van der Waals surface area contributed by atoms with Crippen molar-refractivity contribution in [3.8, 4) is 10.6 Å². The van der Waals surface area contributed by atoms with Crippen LogP contribution in [0.2, 0.25) is 0 Å². The van der Waals surface area contributed by atoms with E-state index in [2.05, 4.69) is 50.1 Å². The second-order valence-electron chi connectivity index (χ2n) is 7.64. The van der Waals surface area contributed by atoms with Gasteiger partial charge >= 0.3 is 0 Å². The molecule has 0 radical (unpaired) electrons. The van der Waals surface area contributed by atoms with Crippen molar-refractivity contribution in [2.45, 2.75) is 66.2 Å². The van der Waals surface area contributed by atoms with Gasteiger partial charge in [0.1, 0.15) is 5.69 Å². The van der Waals surface area contributed by atoms with Gasteiger partial charge in [-0.25, -0.2) is 14.5 Å². The van der Waals surface area contributed by atoms with Crippen LogP contribution in [0, 0.1) is 20.8 Å². The zero-order valence-electron chi connectivity index (χ0n) is 17.0. The van der Waals surface area contributed by atoms with Gasteiger partial charge in [0.2, 0.25) is 0 Å². The lowest BCUT2D eigenvalue weighted by molar-refractivity contribution is 0.638. The van der Waals surface area contributed by atoms with Crippen LogP contribution in [0.25, 0.3) is 16.2 Å². The molecule has 0 aliphatic carbocycles. The summed E-state index contributed by atoms with van der Waals surface area (Å²) in [5.41, 5.74) is 6.62. The van der Waals surface area contributed by atoms with Gasteiger partial charge < -0.3 is 4.90 Å². The molecular formula is C21H29N5S. The van der Waals surface area contributed by atoms with Crippen LogP contribution < -0.4 is 4.90 Å². The molecule has 3 aromatic heterocycles. The molecule has 4 heterocycles. The predicted molar refractivity (Wildman–Crippen MR) is 113 cm³/mol. The van der Waals surface area contributed by atoms with Gasteiger partial charge in [0, 0.05) is 18.7 Å². The van der Waals surface area contributed by atoms with E-state index in [1.54, 1.807) is 11.3 Å². The third-order valence-corrected chi connectivity index (χ3v) is 6.94. The van der Waals surface area contributed by atoms with Crippen molar-refractivity contribution in [2.24, 2.45) is 0 Å². The molecular weight excluding hydrogens is 354 g/mol. The molecule has 0 atom stereocenters. The number of hydrogen-bond donors (Lipinski definition) is 0. The fourth-order valence-corrected chi connectivity index (χ4v) is 5.41. The molecule has 27 heavy (non-hydrogen) atoms. The molecule has 1 aliphatic rings. The Hall–Kier alpha value is -1.95. The number of hydrogen-bond acceptors (Lipinski definition) is 5. The average molecular weight is 384 g/mol. The van der Waals surface area contributed by atoms with Gasteiger partial charge in [0.05, 0.1) is 22.0 Å². The van der Waals surface area contributed by atoms with E-state index in [9.17, 15) is 0 Å². The molecule has 1 fully saturated rings. The van der Waals surface area contributed by atoms with E-state index in [-0.39, 0.29) is 0 Å². The normalized spacial score (nSPS) is 14.8. The molecule has 6 heteroatoms. The predicted octanol–water partition coefficient (Wildman–Crippen LogP) is 5.28. The number of nitrogens with zero attached hydrogens (tertiary/aromatic N) is 5. The van der Waals surface area contributed by atoms with Crippen LogP contribution in [-0.4, -0.2) is 32.7 Å². The molecule has 0 unspecified atom stereocenters. The number of aryl methyl sites for hydroxylation is 3. The minimum absolute atomic E-state index is 0.520. The van der Waals surface area contributed by atoms with Crippen molar-refractivity contribution in [1.29, 1.82) is 0 Å². The van der Waals surface area contributed by atoms with Gasteiger partial charge in [-0.2, -0.15) is 5.10 Å². The highest BCUT2D eigenvalue weighted by Gasteiger charge is 2.24. The fraction of sp³-hybridized carbons (Fsp3) is 0.571. The zero-order chi connectivity index (χ0) is 19.1. The van der Waals surface area contributed by atoms with Crippen LogP contribution in [0.1, 0.15) is 68.1 Å². The summed E-state index contributed by atoms with van der Waals surface area (Å²) in [5, 5.41) is 5.99. The second kappa shape index (κ2) is 7.23. The fourth-order valence-electron chi connectivity index (χ4n) is 4.21. The van der Waals surface area contributed by atoms with E-state index < -0.39 is 0 Å². The Morgan fingerprint density at radius 1 is 1.04 bits per heavy atom. The molecule has 3 aromatic rings. The summed E-state index contributed by atoms with van der Waals surface area (Å²) in [7, 11) is 0. The molecule has 1 aliphatic heterocycles. The second-order valence-corrected chi connectivity index (χ2v) is 8.62. The van der Waals surface area contributed by atoms with E-state index in [1.807, 2.05) is 0 Å². The Morgan fingerprint density at radius 2 is 1.74 bits per heavy atom. The summed E-state index contributed by atoms with van der Waals surface area (Å²) in [5.74, 6) is 0.520. The Kier molecular flexibility index (Phi) is 4.93. The molecule has 4 rings (SSSR count). The lowest BCUT2D eigenvalue weighted by Crippen LogP contribution is -2.17. The Labute approximate surface area is 165 Å². The summed E-state index contributed by atoms with van der Waals surface area (Å²) in [6.45, 7) is 13.1. The Morgan fingerprint density at radius 3 is 2.41 bits per heavy atom. The standard InChI is InChI=1S/C21H29N5S/c1-6-16(7-2)17-12-13(3)24-26-18(14(4)22-20(17)26)19-15(5)23-21(27-19)25-10-8-9-11-25/h12,16H,6-11H2,1-5H3. The van der Waals surface area contributed by atoms with Crippen molar-refractivity contribution >= 4 is 22.1 Å². The molecule has 5 nitrogen and oxygen atoms in total. The van der Waals surface area contributed by atoms with Gasteiger partial charge in [0.15, 0.2) is 10.8 Å². The minimum atomic E-state index is 0.520. The highest BCUT2D eigenvalue weighted by molar-refractivity contribution is 7.19. The molecule has 0 amide bonds. The number of aromatic nitrogens is 4. The van der Waals surface area contributed by atoms with Gasteiger partial charge in [-0.3, -0.25) is 0 Å². The number of fused-ring (bicyclic) bond motifs is 1. The Bertz CT molecular complexity index is 961. The minimum Gasteiger partial charge on any atom is -0.348 e. The van der Waals surface area contributed by atoms with Crippen molar-refractivity contribution in [3.05, 3.63) is 28.7 Å². The van der Waals surface area contributed by atoms with Gasteiger partial charge in [-0.1, -0.05) is 25.2 Å². The van der Waals surface area contributed by atoms with Gasteiger partial charge in [-0.05, 0) is 58.4 Å². The highest BCUT2D eigenvalue weighted by atomic mass is 32.1. The highest BCUT2D eigenvalue weighted by Crippen LogP contribution is 2.38. The molecule has 0 bridgehead atoms. The van der Waals surface area contributed by atoms with Crippen molar-refractivity contribution in [1.82, 2.24) is 19.6 Å². The lowest BCUT2D eigenvalue weighted by atomic mass is 9.95. The summed E-state index contributed by atoms with van der Waals surface area (Å²) in [6.07, 6.45) is 4.77. The van der Waals surface area contributed by atoms with E-state index in [0.29, 0.717) is 5.92 Å². The summed E-state index contributed by atoms with van der Waals surface area (Å²) < 4.78 is 2.08. The number of anilines is 1. The first kappa shape index (κ1) is 18.4. The molecule has 144 valence electrons. The maximum absolute atomic E-state index is 4.96. The van der Waals surface area contributed by atoms with Crippen LogP contribution in [0.5, 0.6) is 0 Å². The van der Waals surface area contributed by atoms with Crippen molar-refractivity contribution in [3.63, 3.8) is 0 Å². The molecule has 1 saturated heterocycles. The first-order valence-corrected chi connectivity index (χ1v) is 10.9. The van der Waals surface area contributed by atoms with Crippen LogP contribution in [0.15, 0.2) is 6.07 Å². The third kappa shape index (κ3) is 3.14. The topological polar surface area (TPSA) is 46.3 Å². The summed E-state index contributed by atoms with van der Waals surface area (Å²) in [6, 6.07) is 2.22. The average Bonchev–Trinajstić information content (AvgIpc) is 3.35. The number of imidazole rings is 1. The quantitative estimate of drug-likeness (QED) is 0.601.